The number of benzene rings is 2. The van der Waals surface area contributed by atoms with Crippen molar-refractivity contribution in [2.45, 2.75) is 26.7 Å². The largest absolute Gasteiger partial charge is 0.497 e. The van der Waals surface area contributed by atoms with Crippen molar-refractivity contribution in [1.82, 2.24) is 14.7 Å². The van der Waals surface area contributed by atoms with Gasteiger partial charge in [0.2, 0.25) is 0 Å². The molecule has 2 heterocycles. The molecule has 7 heteroatoms. The quantitative estimate of drug-likeness (QED) is 0.528. The molecule has 1 saturated heterocycles. The molecule has 0 aliphatic carbocycles. The monoisotopic (exact) mass is 447 g/mol. The van der Waals surface area contributed by atoms with Gasteiger partial charge in [0.15, 0.2) is 0 Å². The summed E-state index contributed by atoms with van der Waals surface area (Å²) in [5, 5.41) is 4.77. The molecule has 3 aromatic rings. The Morgan fingerprint density at radius 3 is 2.30 bits per heavy atom. The minimum absolute atomic E-state index is 0.0925. The van der Waals surface area contributed by atoms with Crippen molar-refractivity contribution in [3.8, 4) is 22.7 Å². The minimum Gasteiger partial charge on any atom is -0.497 e. The molecule has 4 rings (SSSR count). The van der Waals surface area contributed by atoms with Crippen molar-refractivity contribution in [2.75, 3.05) is 26.8 Å². The molecule has 0 radical (unpaired) electrons. The maximum absolute atomic E-state index is 13.5. The molecule has 0 bridgehead atoms. The summed E-state index contributed by atoms with van der Waals surface area (Å²) in [5.41, 5.74) is 4.07. The minimum atomic E-state index is -0.170. The number of methoxy groups -OCH3 is 1. The predicted molar refractivity (Wildman–Crippen MR) is 126 cm³/mol. The van der Waals surface area contributed by atoms with Gasteiger partial charge in [-0.15, -0.1) is 0 Å². The Hall–Kier alpha value is -3.61. The Morgan fingerprint density at radius 2 is 1.70 bits per heavy atom. The van der Waals surface area contributed by atoms with E-state index in [1.165, 1.54) is 0 Å². The number of aryl methyl sites for hydroxylation is 1. The van der Waals surface area contributed by atoms with Gasteiger partial charge in [-0.1, -0.05) is 17.7 Å². The second-order valence-corrected chi connectivity index (χ2v) is 8.21. The summed E-state index contributed by atoms with van der Waals surface area (Å²) < 4.78 is 12.1. The summed E-state index contributed by atoms with van der Waals surface area (Å²) in [5.74, 6) is 0.351. The number of hydrogen-bond acceptors (Lipinski definition) is 5. The molecule has 1 aromatic heterocycles. The van der Waals surface area contributed by atoms with Crippen molar-refractivity contribution in [2.24, 2.45) is 5.92 Å². The number of hydrogen-bond donors (Lipinski definition) is 0. The Labute approximate surface area is 193 Å². The first kappa shape index (κ1) is 22.6. The van der Waals surface area contributed by atoms with E-state index >= 15 is 0 Å². The van der Waals surface area contributed by atoms with Gasteiger partial charge in [0, 0.05) is 18.7 Å². The fourth-order valence-electron chi connectivity index (χ4n) is 4.06. The first-order chi connectivity index (χ1) is 16.0. The first-order valence-corrected chi connectivity index (χ1v) is 11.3. The molecule has 1 aliphatic rings. The van der Waals surface area contributed by atoms with Gasteiger partial charge in [0.1, 0.15) is 11.4 Å². The van der Waals surface area contributed by atoms with Gasteiger partial charge in [0.05, 0.1) is 31.0 Å². The zero-order chi connectivity index (χ0) is 23.4. The highest BCUT2D eigenvalue weighted by molar-refractivity contribution is 5.94. The second-order valence-electron chi connectivity index (χ2n) is 8.21. The second kappa shape index (κ2) is 9.90. The molecule has 0 unspecified atom stereocenters. The normalized spacial score (nSPS) is 14.2. The van der Waals surface area contributed by atoms with Gasteiger partial charge in [-0.05, 0) is 69.2 Å². The number of aromatic nitrogens is 2. The number of amides is 1. The fraction of sp³-hybridized carbons (Fsp3) is 0.346. The van der Waals surface area contributed by atoms with Crippen molar-refractivity contribution in [1.29, 1.82) is 0 Å². The van der Waals surface area contributed by atoms with Gasteiger partial charge in [0.25, 0.3) is 5.91 Å². The van der Waals surface area contributed by atoms with Gasteiger partial charge in [-0.25, -0.2) is 4.68 Å². The van der Waals surface area contributed by atoms with E-state index in [1.807, 2.05) is 68.4 Å². The summed E-state index contributed by atoms with van der Waals surface area (Å²) >= 11 is 0. The third-order valence-electron chi connectivity index (χ3n) is 5.99. The van der Waals surface area contributed by atoms with E-state index in [0.717, 1.165) is 22.6 Å². The van der Waals surface area contributed by atoms with Crippen LogP contribution in [0.2, 0.25) is 0 Å². The highest BCUT2D eigenvalue weighted by Crippen LogP contribution is 2.26. The number of ether oxygens (including phenoxy) is 2. The molecule has 172 valence electrons. The van der Waals surface area contributed by atoms with Crippen LogP contribution in [0.4, 0.5) is 0 Å². The number of esters is 1. The van der Waals surface area contributed by atoms with E-state index in [2.05, 4.69) is 0 Å². The Bertz CT molecular complexity index is 1110. The van der Waals surface area contributed by atoms with Crippen LogP contribution in [-0.2, 0) is 9.53 Å². The summed E-state index contributed by atoms with van der Waals surface area (Å²) in [4.78, 5) is 27.4. The van der Waals surface area contributed by atoms with Crippen molar-refractivity contribution in [3.63, 3.8) is 0 Å². The highest BCUT2D eigenvalue weighted by atomic mass is 16.5. The standard InChI is InChI=1S/C26H29N3O4/c1-4-33-26(31)20-13-15-28(16-14-20)25(30)24-17-23(19-7-11-22(32-3)12-8-19)27-29(24)21-9-5-18(2)6-10-21/h5-12,17,20H,4,13-16H2,1-3H3. The lowest BCUT2D eigenvalue weighted by Crippen LogP contribution is -2.41. The predicted octanol–water partition coefficient (Wildman–Crippen LogP) is 4.27. The van der Waals surface area contributed by atoms with Crippen LogP contribution in [0.25, 0.3) is 16.9 Å². The summed E-state index contributed by atoms with van der Waals surface area (Å²) in [7, 11) is 1.63. The molecule has 0 saturated carbocycles. The number of carbonyl (C=O) groups excluding carboxylic acids is 2. The third-order valence-corrected chi connectivity index (χ3v) is 5.99. The Kier molecular flexibility index (Phi) is 6.77. The molecule has 1 fully saturated rings. The van der Waals surface area contributed by atoms with Crippen LogP contribution in [0.5, 0.6) is 5.75 Å². The SMILES string of the molecule is CCOC(=O)C1CCN(C(=O)c2cc(-c3ccc(OC)cc3)nn2-c2ccc(C)cc2)CC1. The van der Waals surface area contributed by atoms with Crippen molar-refractivity contribution < 1.29 is 19.1 Å². The number of carbonyl (C=O) groups is 2. The zero-order valence-corrected chi connectivity index (χ0v) is 19.3. The molecule has 7 nitrogen and oxygen atoms in total. The molecule has 2 aromatic carbocycles. The molecular formula is C26H29N3O4. The molecule has 33 heavy (non-hydrogen) atoms. The van der Waals surface area contributed by atoms with Crippen LogP contribution in [0.3, 0.4) is 0 Å². The van der Waals surface area contributed by atoms with Crippen LogP contribution >= 0.6 is 0 Å². The third kappa shape index (κ3) is 4.92. The van der Waals surface area contributed by atoms with E-state index in [4.69, 9.17) is 14.6 Å². The summed E-state index contributed by atoms with van der Waals surface area (Å²) in [6, 6.07) is 17.4. The number of nitrogens with zero attached hydrogens (tertiary/aromatic N) is 3. The molecule has 0 spiro atoms. The van der Waals surface area contributed by atoms with E-state index in [-0.39, 0.29) is 17.8 Å². The lowest BCUT2D eigenvalue weighted by Gasteiger charge is -2.30. The van der Waals surface area contributed by atoms with Crippen LogP contribution in [0, 0.1) is 12.8 Å². The summed E-state index contributed by atoms with van der Waals surface area (Å²) in [6.07, 6.45) is 1.21. The van der Waals surface area contributed by atoms with Gasteiger partial charge in [-0.3, -0.25) is 9.59 Å². The topological polar surface area (TPSA) is 73.7 Å². The van der Waals surface area contributed by atoms with E-state index in [1.54, 1.807) is 16.7 Å². The van der Waals surface area contributed by atoms with Crippen molar-refractivity contribution in [3.05, 3.63) is 65.9 Å². The van der Waals surface area contributed by atoms with Crippen molar-refractivity contribution >= 4 is 11.9 Å². The van der Waals surface area contributed by atoms with Crippen LogP contribution < -0.4 is 4.74 Å². The number of rotatable bonds is 6. The summed E-state index contributed by atoms with van der Waals surface area (Å²) in [6.45, 7) is 5.24. The molecule has 0 N–H and O–H groups in total. The van der Waals surface area contributed by atoms with Crippen LogP contribution in [0.15, 0.2) is 54.6 Å². The molecule has 1 amide bonds. The zero-order valence-electron chi connectivity index (χ0n) is 19.3. The van der Waals surface area contributed by atoms with Crippen LogP contribution in [0.1, 0.15) is 35.8 Å². The van der Waals surface area contributed by atoms with E-state index in [9.17, 15) is 9.59 Å². The Balaban J connectivity index is 1.63. The van der Waals surface area contributed by atoms with E-state index < -0.39 is 0 Å². The molecule has 1 aliphatic heterocycles. The van der Waals surface area contributed by atoms with Crippen LogP contribution in [-0.4, -0.2) is 53.4 Å². The lowest BCUT2D eigenvalue weighted by molar-refractivity contribution is -0.149. The number of likely N-dealkylation sites (tertiary alicyclic amines) is 1. The van der Waals surface area contributed by atoms with Gasteiger partial charge in [-0.2, -0.15) is 5.10 Å². The van der Waals surface area contributed by atoms with E-state index in [0.29, 0.717) is 43.9 Å². The number of piperidine rings is 1. The lowest BCUT2D eigenvalue weighted by atomic mass is 9.97. The molecular weight excluding hydrogens is 418 g/mol. The Morgan fingerprint density at radius 1 is 1.03 bits per heavy atom. The highest BCUT2D eigenvalue weighted by Gasteiger charge is 2.30. The maximum Gasteiger partial charge on any atom is 0.309 e. The molecule has 0 atom stereocenters. The first-order valence-electron chi connectivity index (χ1n) is 11.3. The van der Waals surface area contributed by atoms with Gasteiger partial charge < -0.3 is 14.4 Å². The van der Waals surface area contributed by atoms with Gasteiger partial charge >= 0.3 is 5.97 Å². The maximum atomic E-state index is 13.5. The average molecular weight is 448 g/mol. The fourth-order valence-corrected chi connectivity index (χ4v) is 4.06. The average Bonchev–Trinajstić information content (AvgIpc) is 3.30. The smallest absolute Gasteiger partial charge is 0.309 e.